The number of rotatable bonds is 7. The van der Waals surface area contributed by atoms with Crippen LogP contribution in [0.25, 0.3) is 0 Å². The van der Waals surface area contributed by atoms with Crippen LogP contribution in [0.3, 0.4) is 0 Å². The molecule has 2 aromatic carbocycles. The van der Waals surface area contributed by atoms with Gasteiger partial charge in [-0.25, -0.2) is 4.39 Å². The molecule has 0 radical (unpaired) electrons. The summed E-state index contributed by atoms with van der Waals surface area (Å²) >= 11 is 0. The average molecular weight is 407 g/mol. The van der Waals surface area contributed by atoms with Crippen molar-refractivity contribution in [1.29, 1.82) is 0 Å². The summed E-state index contributed by atoms with van der Waals surface area (Å²) in [5, 5.41) is 6.74. The number of carbonyl (C=O) groups is 1. The molecule has 9 heteroatoms. The topological polar surface area (TPSA) is 56.2 Å². The molecular weight excluding hydrogens is 390 g/mol. The van der Waals surface area contributed by atoms with Crippen molar-refractivity contribution >= 4 is 11.6 Å². The molecule has 0 aliphatic rings. The van der Waals surface area contributed by atoms with Crippen molar-refractivity contribution in [1.82, 2.24) is 9.78 Å². The Bertz CT molecular complexity index is 986. The van der Waals surface area contributed by atoms with Crippen LogP contribution in [-0.4, -0.2) is 28.5 Å². The predicted molar refractivity (Wildman–Crippen MR) is 97.8 cm³/mol. The van der Waals surface area contributed by atoms with E-state index in [2.05, 4.69) is 15.2 Å². The fourth-order valence-corrected chi connectivity index (χ4v) is 2.61. The minimum atomic E-state index is -4.40. The summed E-state index contributed by atoms with van der Waals surface area (Å²) in [4.78, 5) is 12.4. The zero-order chi connectivity index (χ0) is 20.9. The number of alkyl halides is 3. The van der Waals surface area contributed by atoms with Crippen molar-refractivity contribution in [3.8, 4) is 0 Å². The van der Waals surface area contributed by atoms with Crippen LogP contribution in [0.1, 0.15) is 21.5 Å². The molecule has 3 aromatic rings. The highest BCUT2D eigenvalue weighted by molar-refractivity contribution is 6.04. The first-order valence-electron chi connectivity index (χ1n) is 8.61. The molecule has 5 nitrogen and oxygen atoms in total. The van der Waals surface area contributed by atoms with E-state index in [-0.39, 0.29) is 24.5 Å². The van der Waals surface area contributed by atoms with E-state index in [1.165, 1.54) is 29.1 Å². The first-order chi connectivity index (χ1) is 13.8. The Morgan fingerprint density at radius 3 is 2.69 bits per heavy atom. The molecule has 0 spiro atoms. The Balaban J connectivity index is 1.60. The number of aromatic nitrogens is 2. The number of hydrogen-bond donors (Lipinski definition) is 1. The van der Waals surface area contributed by atoms with E-state index >= 15 is 0 Å². The van der Waals surface area contributed by atoms with Crippen LogP contribution in [0.4, 0.5) is 23.2 Å². The second-order valence-corrected chi connectivity index (χ2v) is 6.28. The van der Waals surface area contributed by atoms with Gasteiger partial charge in [0.05, 0.1) is 25.0 Å². The Morgan fingerprint density at radius 2 is 1.93 bits per heavy atom. The van der Waals surface area contributed by atoms with Gasteiger partial charge in [0.1, 0.15) is 12.4 Å². The van der Waals surface area contributed by atoms with Crippen molar-refractivity contribution in [2.75, 3.05) is 11.9 Å². The van der Waals surface area contributed by atoms with Crippen LogP contribution >= 0.6 is 0 Å². The van der Waals surface area contributed by atoms with Crippen LogP contribution < -0.4 is 5.32 Å². The molecule has 1 amide bonds. The van der Waals surface area contributed by atoms with Gasteiger partial charge < -0.3 is 10.1 Å². The number of anilines is 1. The van der Waals surface area contributed by atoms with Crippen LogP contribution in [-0.2, 0) is 17.9 Å². The lowest BCUT2D eigenvalue weighted by Crippen LogP contribution is -2.17. The molecule has 1 aromatic heterocycles. The smallest absolute Gasteiger partial charge is 0.367 e. The fourth-order valence-electron chi connectivity index (χ4n) is 2.61. The highest BCUT2D eigenvalue weighted by Crippen LogP contribution is 2.17. The van der Waals surface area contributed by atoms with Crippen molar-refractivity contribution in [2.45, 2.75) is 19.3 Å². The first-order valence-corrected chi connectivity index (χ1v) is 8.61. The molecule has 0 aliphatic heterocycles. The third-order valence-electron chi connectivity index (χ3n) is 3.90. The Kier molecular flexibility index (Phi) is 6.28. The first kappa shape index (κ1) is 20.5. The maximum absolute atomic E-state index is 13.7. The molecule has 1 N–H and O–H groups in total. The number of carbonyl (C=O) groups excluding carboxylic acids is 1. The standard InChI is InChI=1S/C20H17F4N3O2/c21-18-7-2-1-5-16(18)10-27-11-17(9-25-27)26-19(28)15-6-3-4-14(8-15)12-29-13-20(22,23)24/h1-9,11H,10,12-13H2,(H,26,28). The number of hydrogen-bond acceptors (Lipinski definition) is 3. The number of ether oxygens (including phenoxy) is 1. The Morgan fingerprint density at radius 1 is 1.14 bits per heavy atom. The van der Waals surface area contributed by atoms with E-state index in [0.717, 1.165) is 0 Å². The van der Waals surface area contributed by atoms with Gasteiger partial charge in [-0.05, 0) is 23.8 Å². The molecule has 0 saturated carbocycles. The highest BCUT2D eigenvalue weighted by atomic mass is 19.4. The molecule has 0 aliphatic carbocycles. The highest BCUT2D eigenvalue weighted by Gasteiger charge is 2.27. The monoisotopic (exact) mass is 407 g/mol. The zero-order valence-corrected chi connectivity index (χ0v) is 15.1. The van der Waals surface area contributed by atoms with Gasteiger partial charge in [-0.1, -0.05) is 30.3 Å². The van der Waals surface area contributed by atoms with Gasteiger partial charge in [-0.2, -0.15) is 18.3 Å². The average Bonchev–Trinajstić information content (AvgIpc) is 3.10. The molecule has 0 bridgehead atoms. The van der Waals surface area contributed by atoms with E-state index in [9.17, 15) is 22.4 Å². The van der Waals surface area contributed by atoms with Crippen LogP contribution in [0, 0.1) is 5.82 Å². The van der Waals surface area contributed by atoms with Crippen LogP contribution in [0.5, 0.6) is 0 Å². The summed E-state index contributed by atoms with van der Waals surface area (Å²) in [6, 6.07) is 12.4. The normalized spacial score (nSPS) is 11.4. The minimum absolute atomic E-state index is 0.203. The summed E-state index contributed by atoms with van der Waals surface area (Å²) in [5.41, 5.74) is 1.57. The van der Waals surface area contributed by atoms with Gasteiger partial charge in [0.15, 0.2) is 0 Å². The molecule has 0 fully saturated rings. The fraction of sp³-hybridized carbons (Fsp3) is 0.200. The molecule has 152 valence electrons. The third kappa shape index (κ3) is 6.15. The second-order valence-electron chi connectivity index (χ2n) is 6.28. The van der Waals surface area contributed by atoms with E-state index in [1.54, 1.807) is 36.5 Å². The summed E-state index contributed by atoms with van der Waals surface area (Å²) in [6.07, 6.45) is -1.42. The van der Waals surface area contributed by atoms with E-state index in [4.69, 9.17) is 0 Å². The molecule has 3 rings (SSSR count). The van der Waals surface area contributed by atoms with Gasteiger partial charge in [0, 0.05) is 17.3 Å². The maximum Gasteiger partial charge on any atom is 0.411 e. The van der Waals surface area contributed by atoms with Crippen molar-refractivity contribution in [2.24, 2.45) is 0 Å². The maximum atomic E-state index is 13.7. The quantitative estimate of drug-likeness (QED) is 0.591. The molecule has 0 unspecified atom stereocenters. The van der Waals surface area contributed by atoms with Crippen molar-refractivity contribution < 1.29 is 27.1 Å². The second kappa shape index (κ2) is 8.87. The molecule has 0 atom stereocenters. The summed E-state index contributed by atoms with van der Waals surface area (Å²) in [5.74, 6) is -0.800. The predicted octanol–water partition coefficient (Wildman–Crippen LogP) is 4.40. The van der Waals surface area contributed by atoms with Crippen molar-refractivity contribution in [3.05, 3.63) is 83.4 Å². The number of halogens is 4. The van der Waals surface area contributed by atoms with Crippen LogP contribution in [0.15, 0.2) is 60.9 Å². The van der Waals surface area contributed by atoms with Gasteiger partial charge in [0.2, 0.25) is 0 Å². The zero-order valence-electron chi connectivity index (χ0n) is 15.1. The summed E-state index contributed by atoms with van der Waals surface area (Å²) in [7, 11) is 0. The summed E-state index contributed by atoms with van der Waals surface area (Å²) in [6.45, 7) is -1.42. The minimum Gasteiger partial charge on any atom is -0.367 e. The number of amides is 1. The number of nitrogens with zero attached hydrogens (tertiary/aromatic N) is 2. The van der Waals surface area contributed by atoms with E-state index < -0.39 is 18.7 Å². The molecule has 1 heterocycles. The molecule has 29 heavy (non-hydrogen) atoms. The summed E-state index contributed by atoms with van der Waals surface area (Å²) < 4.78 is 56.3. The van der Waals surface area contributed by atoms with Crippen LogP contribution in [0.2, 0.25) is 0 Å². The Labute approximate surface area is 163 Å². The van der Waals surface area contributed by atoms with E-state index in [1.807, 2.05) is 0 Å². The molecular formula is C20H17F4N3O2. The lowest BCUT2D eigenvalue weighted by molar-refractivity contribution is -0.176. The van der Waals surface area contributed by atoms with Gasteiger partial charge in [-0.3, -0.25) is 9.48 Å². The lowest BCUT2D eigenvalue weighted by atomic mass is 10.1. The molecule has 0 saturated heterocycles. The van der Waals surface area contributed by atoms with Gasteiger partial charge >= 0.3 is 6.18 Å². The van der Waals surface area contributed by atoms with E-state index in [0.29, 0.717) is 16.8 Å². The Hall–Kier alpha value is -3.20. The third-order valence-corrected chi connectivity index (χ3v) is 3.90. The number of nitrogens with one attached hydrogen (secondary N) is 1. The number of benzene rings is 2. The van der Waals surface area contributed by atoms with Gasteiger partial charge in [0.25, 0.3) is 5.91 Å². The largest absolute Gasteiger partial charge is 0.411 e. The SMILES string of the molecule is O=C(Nc1cnn(Cc2ccccc2F)c1)c1cccc(COCC(F)(F)F)c1. The lowest BCUT2D eigenvalue weighted by Gasteiger charge is -2.09. The van der Waals surface area contributed by atoms with Crippen molar-refractivity contribution in [3.63, 3.8) is 0 Å². The van der Waals surface area contributed by atoms with Gasteiger partial charge in [-0.15, -0.1) is 0 Å².